The van der Waals surface area contributed by atoms with Crippen LogP contribution in [0.25, 0.3) is 0 Å². The molecule has 1 aromatic rings. The van der Waals surface area contributed by atoms with E-state index in [2.05, 4.69) is 4.74 Å². The van der Waals surface area contributed by atoms with Crippen LogP contribution in [0.5, 0.6) is 0 Å². The second kappa shape index (κ2) is 5.39. The van der Waals surface area contributed by atoms with Crippen LogP contribution in [-0.4, -0.2) is 18.2 Å². The number of rotatable bonds is 3. The second-order valence-electron chi connectivity index (χ2n) is 3.26. The van der Waals surface area contributed by atoms with Gasteiger partial charge < -0.3 is 15.8 Å². The molecule has 0 aliphatic carbocycles. The van der Waals surface area contributed by atoms with E-state index in [4.69, 9.17) is 5.73 Å². The monoisotopic (exact) mass is 262 g/mol. The molecular formula is C10H9F3N2O3. The summed E-state index contributed by atoms with van der Waals surface area (Å²) in [5, 5.41) is 1.68. The van der Waals surface area contributed by atoms with E-state index in [0.29, 0.717) is 5.56 Å². The van der Waals surface area contributed by atoms with E-state index in [1.54, 1.807) is 5.32 Å². The molecule has 3 N–H and O–H groups in total. The Morgan fingerprint density at radius 3 is 2.22 bits per heavy atom. The largest absolute Gasteiger partial charge is 0.471 e. The summed E-state index contributed by atoms with van der Waals surface area (Å²) in [5.41, 5.74) is 5.25. The molecule has 1 rings (SSSR count). The Balaban J connectivity index is 2.60. The van der Waals surface area contributed by atoms with Crippen molar-refractivity contribution in [3.8, 4) is 0 Å². The molecule has 0 aliphatic rings. The molecule has 0 saturated carbocycles. The number of nitrogens with two attached hydrogens (primary N) is 1. The lowest BCUT2D eigenvalue weighted by Crippen LogP contribution is -2.29. The van der Waals surface area contributed by atoms with E-state index >= 15 is 0 Å². The number of primary amides is 1. The number of alkyl halides is 3. The molecule has 0 aliphatic heterocycles. The number of anilines is 1. The second-order valence-corrected chi connectivity index (χ2v) is 3.26. The van der Waals surface area contributed by atoms with Gasteiger partial charge in [0.05, 0.1) is 0 Å². The van der Waals surface area contributed by atoms with Crippen molar-refractivity contribution in [2.24, 2.45) is 5.73 Å². The average molecular weight is 262 g/mol. The van der Waals surface area contributed by atoms with E-state index in [1.165, 1.54) is 24.3 Å². The molecule has 18 heavy (non-hydrogen) atoms. The van der Waals surface area contributed by atoms with Gasteiger partial charge in [-0.05, 0) is 17.7 Å². The number of ether oxygens (including phenoxy) is 1. The molecule has 5 nitrogen and oxygen atoms in total. The van der Waals surface area contributed by atoms with Crippen LogP contribution in [0.15, 0.2) is 24.3 Å². The van der Waals surface area contributed by atoms with E-state index < -0.39 is 18.2 Å². The molecule has 0 atom stereocenters. The van der Waals surface area contributed by atoms with Gasteiger partial charge in [0.25, 0.3) is 0 Å². The minimum Gasteiger partial charge on any atom is -0.445 e. The fourth-order valence-corrected chi connectivity index (χ4v) is 1.04. The maximum Gasteiger partial charge on any atom is 0.471 e. The van der Waals surface area contributed by atoms with Crippen molar-refractivity contribution in [1.82, 2.24) is 0 Å². The van der Waals surface area contributed by atoms with Crippen molar-refractivity contribution >= 4 is 17.7 Å². The van der Waals surface area contributed by atoms with Crippen LogP contribution in [0.3, 0.4) is 0 Å². The average Bonchev–Trinajstić information content (AvgIpc) is 2.26. The minimum atomic E-state index is -4.94. The first-order valence-electron chi connectivity index (χ1n) is 4.68. The number of nitrogens with one attached hydrogen (secondary N) is 1. The van der Waals surface area contributed by atoms with E-state index in [0.717, 1.165) is 0 Å². The van der Waals surface area contributed by atoms with Crippen LogP contribution >= 0.6 is 0 Å². The van der Waals surface area contributed by atoms with Crippen LogP contribution in [0.2, 0.25) is 0 Å². The predicted molar refractivity (Wildman–Crippen MR) is 55.5 cm³/mol. The van der Waals surface area contributed by atoms with Crippen molar-refractivity contribution in [3.05, 3.63) is 29.8 Å². The SMILES string of the molecule is NC(=O)OCc1ccc(NC(=O)C(F)(F)F)cc1. The lowest BCUT2D eigenvalue weighted by molar-refractivity contribution is -0.167. The van der Waals surface area contributed by atoms with Gasteiger partial charge in [0.15, 0.2) is 0 Å². The Morgan fingerprint density at radius 1 is 1.22 bits per heavy atom. The Hall–Kier alpha value is -2.25. The Labute approximate surface area is 99.7 Å². The topological polar surface area (TPSA) is 81.4 Å². The molecule has 0 radical (unpaired) electrons. The lowest BCUT2D eigenvalue weighted by Gasteiger charge is -2.08. The summed E-state index contributed by atoms with van der Waals surface area (Å²) in [6.45, 7) is -0.0944. The summed E-state index contributed by atoms with van der Waals surface area (Å²) in [5.74, 6) is -2.05. The summed E-state index contributed by atoms with van der Waals surface area (Å²) in [4.78, 5) is 20.9. The van der Waals surface area contributed by atoms with Crippen molar-refractivity contribution in [2.75, 3.05) is 5.32 Å². The third-order valence-electron chi connectivity index (χ3n) is 1.85. The molecule has 0 spiro atoms. The van der Waals surface area contributed by atoms with Crippen LogP contribution < -0.4 is 11.1 Å². The number of benzene rings is 1. The summed E-state index contributed by atoms with van der Waals surface area (Å²) < 4.78 is 40.3. The van der Waals surface area contributed by atoms with Gasteiger partial charge in [-0.1, -0.05) is 12.1 Å². The number of halogens is 3. The summed E-state index contributed by atoms with van der Waals surface area (Å²) in [6.07, 6.45) is -5.89. The molecule has 98 valence electrons. The number of carbonyl (C=O) groups is 2. The summed E-state index contributed by atoms with van der Waals surface area (Å²) in [7, 11) is 0. The van der Waals surface area contributed by atoms with Crippen LogP contribution in [-0.2, 0) is 16.1 Å². The fourth-order valence-electron chi connectivity index (χ4n) is 1.04. The smallest absolute Gasteiger partial charge is 0.445 e. The zero-order chi connectivity index (χ0) is 13.8. The predicted octanol–water partition coefficient (Wildman–Crippen LogP) is 1.78. The molecule has 0 fully saturated rings. The third-order valence-corrected chi connectivity index (χ3v) is 1.85. The highest BCUT2D eigenvalue weighted by atomic mass is 19.4. The highest BCUT2D eigenvalue weighted by Gasteiger charge is 2.38. The molecule has 0 heterocycles. The van der Waals surface area contributed by atoms with Crippen LogP contribution in [0.4, 0.5) is 23.7 Å². The number of carbonyl (C=O) groups excluding carboxylic acids is 2. The molecule has 0 bridgehead atoms. The number of hydrogen-bond acceptors (Lipinski definition) is 3. The summed E-state index contributed by atoms with van der Waals surface area (Å²) in [6, 6.07) is 5.30. The van der Waals surface area contributed by atoms with Gasteiger partial charge >= 0.3 is 18.2 Å². The lowest BCUT2D eigenvalue weighted by atomic mass is 10.2. The molecule has 0 aromatic heterocycles. The Kier molecular flexibility index (Phi) is 4.13. The van der Waals surface area contributed by atoms with Gasteiger partial charge in [-0.15, -0.1) is 0 Å². The first-order valence-corrected chi connectivity index (χ1v) is 4.68. The molecule has 8 heteroatoms. The van der Waals surface area contributed by atoms with Gasteiger partial charge in [0.1, 0.15) is 6.61 Å². The first kappa shape index (κ1) is 13.8. The fraction of sp³-hybridized carbons (Fsp3) is 0.200. The minimum absolute atomic E-state index is 0.0137. The number of amides is 2. The Bertz CT molecular complexity index is 443. The van der Waals surface area contributed by atoms with Gasteiger partial charge in [-0.2, -0.15) is 13.2 Å². The van der Waals surface area contributed by atoms with Gasteiger partial charge in [-0.3, -0.25) is 4.79 Å². The molecule has 1 aromatic carbocycles. The van der Waals surface area contributed by atoms with E-state index in [1.807, 2.05) is 0 Å². The van der Waals surface area contributed by atoms with E-state index in [-0.39, 0.29) is 12.3 Å². The maximum absolute atomic E-state index is 11.9. The van der Waals surface area contributed by atoms with Crippen molar-refractivity contribution in [1.29, 1.82) is 0 Å². The molecular weight excluding hydrogens is 253 g/mol. The normalized spacial score (nSPS) is 10.8. The maximum atomic E-state index is 11.9. The van der Waals surface area contributed by atoms with Crippen LogP contribution in [0, 0.1) is 0 Å². The highest BCUT2D eigenvalue weighted by molar-refractivity contribution is 5.94. The van der Waals surface area contributed by atoms with Crippen molar-refractivity contribution in [3.63, 3.8) is 0 Å². The molecule has 0 saturated heterocycles. The number of hydrogen-bond donors (Lipinski definition) is 2. The quantitative estimate of drug-likeness (QED) is 0.871. The summed E-state index contributed by atoms with van der Waals surface area (Å²) >= 11 is 0. The van der Waals surface area contributed by atoms with Crippen molar-refractivity contribution < 1.29 is 27.5 Å². The zero-order valence-electron chi connectivity index (χ0n) is 8.95. The first-order chi connectivity index (χ1) is 8.29. The van der Waals surface area contributed by atoms with Crippen molar-refractivity contribution in [2.45, 2.75) is 12.8 Å². The zero-order valence-corrected chi connectivity index (χ0v) is 8.95. The van der Waals surface area contributed by atoms with Gasteiger partial charge in [-0.25, -0.2) is 4.79 Å². The molecule has 2 amide bonds. The Morgan fingerprint density at radius 2 is 1.78 bits per heavy atom. The molecule has 0 unspecified atom stereocenters. The standard InChI is InChI=1S/C10H9F3N2O3/c11-10(12,13)8(16)15-7-3-1-6(2-4-7)5-18-9(14)17/h1-4H,5H2,(H2,14,17)(H,15,16). The van der Waals surface area contributed by atoms with E-state index in [9.17, 15) is 22.8 Å². The van der Waals surface area contributed by atoms with Crippen LogP contribution in [0.1, 0.15) is 5.56 Å². The van der Waals surface area contributed by atoms with Gasteiger partial charge in [0, 0.05) is 5.69 Å². The third kappa shape index (κ3) is 4.32. The highest BCUT2D eigenvalue weighted by Crippen LogP contribution is 2.18. The van der Waals surface area contributed by atoms with Gasteiger partial charge in [0.2, 0.25) is 0 Å².